The number of carbonyl (C=O) groups is 1. The summed E-state index contributed by atoms with van der Waals surface area (Å²) in [5, 5.41) is 3.32. The number of nitrogens with one attached hydrogen (secondary N) is 1. The molecule has 4 aliphatic carbocycles. The Morgan fingerprint density at radius 3 is 2.12 bits per heavy atom. The van der Waals surface area contributed by atoms with Crippen LogP contribution in [0.25, 0.3) is 0 Å². The molecular formula is C21H29NO2. The van der Waals surface area contributed by atoms with Gasteiger partial charge in [0, 0.05) is 13.2 Å². The molecular weight excluding hydrogens is 298 g/mol. The van der Waals surface area contributed by atoms with Crippen molar-refractivity contribution in [2.24, 2.45) is 23.2 Å². The zero-order valence-corrected chi connectivity index (χ0v) is 14.8. The fraction of sp³-hybridized carbons (Fsp3) is 0.667. The maximum Gasteiger partial charge on any atom is 0.253 e. The van der Waals surface area contributed by atoms with Gasteiger partial charge in [0.1, 0.15) is 0 Å². The number of ether oxygens (including phenoxy) is 1. The second kappa shape index (κ2) is 6.18. The molecule has 3 heteroatoms. The highest BCUT2D eigenvalue weighted by Gasteiger charge is 2.53. The van der Waals surface area contributed by atoms with Gasteiger partial charge in [-0.1, -0.05) is 30.3 Å². The van der Waals surface area contributed by atoms with E-state index in [9.17, 15) is 4.79 Å². The second-order valence-corrected chi connectivity index (χ2v) is 8.54. The predicted molar refractivity (Wildman–Crippen MR) is 94.4 cm³/mol. The van der Waals surface area contributed by atoms with E-state index in [2.05, 4.69) is 12.2 Å². The average Bonchev–Trinajstić information content (AvgIpc) is 2.55. The summed E-state index contributed by atoms with van der Waals surface area (Å²) in [6, 6.07) is 10.0. The topological polar surface area (TPSA) is 38.3 Å². The fourth-order valence-corrected chi connectivity index (χ4v) is 6.17. The quantitative estimate of drug-likeness (QED) is 0.884. The first-order valence-electron chi connectivity index (χ1n) is 9.48. The highest BCUT2D eigenvalue weighted by atomic mass is 16.5. The average molecular weight is 327 g/mol. The second-order valence-electron chi connectivity index (χ2n) is 8.54. The van der Waals surface area contributed by atoms with Crippen LogP contribution in [0.15, 0.2) is 30.3 Å². The predicted octanol–water partition coefficient (Wildman–Crippen LogP) is 4.10. The van der Waals surface area contributed by atoms with E-state index in [1.54, 1.807) is 7.11 Å². The largest absolute Gasteiger partial charge is 0.367 e. The lowest BCUT2D eigenvalue weighted by Gasteiger charge is -2.59. The summed E-state index contributed by atoms with van der Waals surface area (Å²) in [5.41, 5.74) is 1.26. The van der Waals surface area contributed by atoms with E-state index >= 15 is 0 Å². The fourth-order valence-electron chi connectivity index (χ4n) is 6.17. The van der Waals surface area contributed by atoms with E-state index in [1.807, 2.05) is 30.3 Å². The standard InChI is InChI=1S/C21H29NO2/c1-14(21-11-15-8-16(12-21)10-17(9-15)13-21)22-20(23)19(24-2)18-6-4-3-5-7-18/h3-7,14-17,19H,8-13H2,1-2H3,(H,22,23). The monoisotopic (exact) mass is 327 g/mol. The van der Waals surface area contributed by atoms with Crippen LogP contribution in [0, 0.1) is 23.2 Å². The number of hydrogen-bond acceptors (Lipinski definition) is 2. The molecule has 1 amide bonds. The number of amides is 1. The minimum atomic E-state index is -0.512. The molecule has 2 unspecified atom stereocenters. The maximum atomic E-state index is 12.8. The zero-order valence-electron chi connectivity index (χ0n) is 14.8. The van der Waals surface area contributed by atoms with Crippen LogP contribution in [-0.2, 0) is 9.53 Å². The summed E-state index contributed by atoms with van der Waals surface area (Å²) >= 11 is 0. The number of rotatable bonds is 5. The Hall–Kier alpha value is -1.35. The molecule has 2 atom stereocenters. The van der Waals surface area contributed by atoms with Gasteiger partial charge in [0.25, 0.3) is 5.91 Å². The van der Waals surface area contributed by atoms with Crippen molar-refractivity contribution in [3.8, 4) is 0 Å². The third-order valence-electron chi connectivity index (χ3n) is 6.94. The van der Waals surface area contributed by atoms with Gasteiger partial charge in [0.2, 0.25) is 0 Å². The number of carbonyl (C=O) groups excluding carboxylic acids is 1. The molecule has 4 aliphatic rings. The molecule has 130 valence electrons. The Labute approximate surface area is 145 Å². The first-order valence-corrected chi connectivity index (χ1v) is 9.48. The number of benzene rings is 1. The molecule has 0 radical (unpaired) electrons. The number of methoxy groups -OCH3 is 1. The Balaban J connectivity index is 1.47. The highest BCUT2D eigenvalue weighted by molar-refractivity contribution is 5.82. The van der Waals surface area contributed by atoms with Gasteiger partial charge in [0.05, 0.1) is 0 Å². The SMILES string of the molecule is COC(C(=O)NC(C)C12CC3CC(CC(C3)C1)C2)c1ccccc1. The molecule has 1 aromatic carbocycles. The van der Waals surface area contributed by atoms with Gasteiger partial charge in [-0.05, 0) is 74.2 Å². The van der Waals surface area contributed by atoms with Gasteiger partial charge in [-0.15, -0.1) is 0 Å². The zero-order chi connectivity index (χ0) is 16.7. The van der Waals surface area contributed by atoms with E-state index in [-0.39, 0.29) is 11.9 Å². The molecule has 1 aromatic rings. The minimum absolute atomic E-state index is 0.00643. The van der Waals surface area contributed by atoms with Crippen molar-refractivity contribution in [2.45, 2.75) is 57.6 Å². The van der Waals surface area contributed by atoms with Crippen molar-refractivity contribution >= 4 is 5.91 Å². The van der Waals surface area contributed by atoms with Crippen molar-refractivity contribution in [2.75, 3.05) is 7.11 Å². The van der Waals surface area contributed by atoms with Crippen LogP contribution in [0.1, 0.15) is 57.1 Å². The molecule has 0 aromatic heterocycles. The number of hydrogen-bond donors (Lipinski definition) is 1. The Morgan fingerprint density at radius 1 is 1.08 bits per heavy atom. The van der Waals surface area contributed by atoms with Crippen LogP contribution < -0.4 is 5.32 Å². The van der Waals surface area contributed by atoms with Gasteiger partial charge in [-0.3, -0.25) is 4.79 Å². The van der Waals surface area contributed by atoms with Crippen LogP contribution >= 0.6 is 0 Å². The van der Waals surface area contributed by atoms with Crippen molar-refractivity contribution < 1.29 is 9.53 Å². The molecule has 1 N–H and O–H groups in total. The lowest BCUT2D eigenvalue weighted by Crippen LogP contribution is -2.56. The van der Waals surface area contributed by atoms with E-state index in [0.29, 0.717) is 5.41 Å². The Kier molecular flexibility index (Phi) is 4.16. The van der Waals surface area contributed by atoms with Gasteiger partial charge in [0.15, 0.2) is 6.10 Å². The van der Waals surface area contributed by atoms with Crippen LogP contribution in [0.5, 0.6) is 0 Å². The van der Waals surface area contributed by atoms with Crippen molar-refractivity contribution in [3.05, 3.63) is 35.9 Å². The van der Waals surface area contributed by atoms with Crippen LogP contribution in [0.3, 0.4) is 0 Å². The van der Waals surface area contributed by atoms with Gasteiger partial charge in [-0.2, -0.15) is 0 Å². The molecule has 0 spiro atoms. The van der Waals surface area contributed by atoms with E-state index in [4.69, 9.17) is 4.74 Å². The molecule has 3 nitrogen and oxygen atoms in total. The molecule has 4 saturated carbocycles. The summed E-state index contributed by atoms with van der Waals surface area (Å²) in [7, 11) is 1.62. The first kappa shape index (κ1) is 16.1. The van der Waals surface area contributed by atoms with Crippen molar-refractivity contribution in [1.29, 1.82) is 0 Å². The smallest absolute Gasteiger partial charge is 0.253 e. The van der Waals surface area contributed by atoms with Gasteiger partial charge >= 0.3 is 0 Å². The molecule has 0 saturated heterocycles. The Morgan fingerprint density at radius 2 is 1.62 bits per heavy atom. The first-order chi connectivity index (χ1) is 11.6. The third-order valence-corrected chi connectivity index (χ3v) is 6.94. The van der Waals surface area contributed by atoms with Crippen molar-refractivity contribution in [3.63, 3.8) is 0 Å². The summed E-state index contributed by atoms with van der Waals surface area (Å²) in [6.45, 7) is 2.22. The lowest BCUT2D eigenvalue weighted by molar-refractivity contribution is -0.136. The lowest BCUT2D eigenvalue weighted by atomic mass is 9.48. The van der Waals surface area contributed by atoms with Gasteiger partial charge in [-0.25, -0.2) is 0 Å². The van der Waals surface area contributed by atoms with Crippen LogP contribution in [0.2, 0.25) is 0 Å². The molecule has 4 bridgehead atoms. The maximum absolute atomic E-state index is 12.8. The third kappa shape index (κ3) is 2.77. The minimum Gasteiger partial charge on any atom is -0.367 e. The molecule has 24 heavy (non-hydrogen) atoms. The summed E-state index contributed by atoms with van der Waals surface area (Å²) in [4.78, 5) is 12.8. The van der Waals surface area contributed by atoms with E-state index in [1.165, 1.54) is 38.5 Å². The normalized spacial score (nSPS) is 36.3. The van der Waals surface area contributed by atoms with E-state index < -0.39 is 6.10 Å². The molecule has 4 fully saturated rings. The molecule has 0 aliphatic heterocycles. The van der Waals surface area contributed by atoms with E-state index in [0.717, 1.165) is 23.3 Å². The van der Waals surface area contributed by atoms with Gasteiger partial charge < -0.3 is 10.1 Å². The summed E-state index contributed by atoms with van der Waals surface area (Å²) < 4.78 is 5.51. The summed E-state index contributed by atoms with van der Waals surface area (Å²) in [5.74, 6) is 2.72. The highest BCUT2D eigenvalue weighted by Crippen LogP contribution is 2.61. The summed E-state index contributed by atoms with van der Waals surface area (Å²) in [6.07, 6.45) is 7.72. The van der Waals surface area contributed by atoms with Crippen LogP contribution in [0.4, 0.5) is 0 Å². The molecule has 5 rings (SSSR count). The molecule has 0 heterocycles. The van der Waals surface area contributed by atoms with Crippen molar-refractivity contribution in [1.82, 2.24) is 5.32 Å². The Bertz CT molecular complexity index is 562. The van der Waals surface area contributed by atoms with Crippen LogP contribution in [-0.4, -0.2) is 19.1 Å².